The van der Waals surface area contributed by atoms with Crippen molar-refractivity contribution in [2.45, 2.75) is 38.1 Å². The summed E-state index contributed by atoms with van der Waals surface area (Å²) in [5.41, 5.74) is 1.28. The van der Waals surface area contributed by atoms with Crippen LogP contribution in [0.25, 0.3) is 0 Å². The minimum Gasteiger partial charge on any atom is -0.349 e. The number of benzene rings is 1. The number of carbonyl (C=O) groups excluding carboxylic acids is 2. The van der Waals surface area contributed by atoms with E-state index in [9.17, 15) is 9.59 Å². The summed E-state index contributed by atoms with van der Waals surface area (Å²) >= 11 is 0. The molecule has 2 amide bonds. The van der Waals surface area contributed by atoms with E-state index in [1.54, 1.807) is 18.2 Å². The Balaban J connectivity index is 1.58. The molecule has 3 rings (SSSR count). The Morgan fingerprint density at radius 1 is 1.19 bits per heavy atom. The average Bonchev–Trinajstić information content (AvgIpc) is 3.13. The SMILES string of the molecule is O=C(C[C@@H]1C=CCC1)Nc1cccc(C(=O)NC2CC2)c1. The van der Waals surface area contributed by atoms with E-state index in [4.69, 9.17) is 0 Å². The lowest BCUT2D eigenvalue weighted by Crippen LogP contribution is -2.25. The maximum atomic E-state index is 12.0. The molecule has 1 atom stereocenters. The van der Waals surface area contributed by atoms with E-state index in [0.717, 1.165) is 25.7 Å². The Morgan fingerprint density at radius 3 is 2.76 bits per heavy atom. The fourth-order valence-corrected chi connectivity index (χ4v) is 2.55. The first-order chi connectivity index (χ1) is 10.2. The molecule has 0 bridgehead atoms. The van der Waals surface area contributed by atoms with Crippen molar-refractivity contribution in [1.82, 2.24) is 5.32 Å². The molecule has 21 heavy (non-hydrogen) atoms. The van der Waals surface area contributed by atoms with Crippen LogP contribution >= 0.6 is 0 Å². The Hall–Kier alpha value is -2.10. The minimum atomic E-state index is -0.0627. The highest BCUT2D eigenvalue weighted by atomic mass is 16.2. The maximum absolute atomic E-state index is 12.0. The number of hydrogen-bond donors (Lipinski definition) is 2. The second-order valence-electron chi connectivity index (χ2n) is 5.85. The molecule has 2 aliphatic rings. The largest absolute Gasteiger partial charge is 0.349 e. The minimum absolute atomic E-state index is 0.00583. The lowest BCUT2D eigenvalue weighted by Gasteiger charge is -2.10. The van der Waals surface area contributed by atoms with Crippen LogP contribution in [0.3, 0.4) is 0 Å². The molecule has 4 nitrogen and oxygen atoms in total. The molecule has 1 saturated carbocycles. The Morgan fingerprint density at radius 2 is 2.05 bits per heavy atom. The van der Waals surface area contributed by atoms with Crippen molar-refractivity contribution in [3.63, 3.8) is 0 Å². The van der Waals surface area contributed by atoms with E-state index in [1.807, 2.05) is 6.07 Å². The van der Waals surface area contributed by atoms with Crippen LogP contribution in [-0.2, 0) is 4.79 Å². The van der Waals surface area contributed by atoms with Crippen LogP contribution in [0.1, 0.15) is 42.5 Å². The Labute approximate surface area is 124 Å². The van der Waals surface area contributed by atoms with Crippen LogP contribution < -0.4 is 10.6 Å². The van der Waals surface area contributed by atoms with Crippen molar-refractivity contribution in [3.05, 3.63) is 42.0 Å². The van der Waals surface area contributed by atoms with Crippen LogP contribution in [0.2, 0.25) is 0 Å². The molecular formula is C17H20N2O2. The van der Waals surface area contributed by atoms with Crippen LogP contribution in [0.5, 0.6) is 0 Å². The number of anilines is 1. The van der Waals surface area contributed by atoms with E-state index < -0.39 is 0 Å². The van der Waals surface area contributed by atoms with Crippen LogP contribution in [0.4, 0.5) is 5.69 Å². The van der Waals surface area contributed by atoms with E-state index >= 15 is 0 Å². The summed E-state index contributed by atoms with van der Waals surface area (Å²) in [6.07, 6.45) is 9.00. The normalized spacial score (nSPS) is 20.3. The highest BCUT2D eigenvalue weighted by molar-refractivity contribution is 5.97. The zero-order valence-corrected chi connectivity index (χ0v) is 12.0. The Bertz CT molecular complexity index is 576. The summed E-state index contributed by atoms with van der Waals surface area (Å²) in [6, 6.07) is 7.46. The van der Waals surface area contributed by atoms with Gasteiger partial charge in [-0.2, -0.15) is 0 Å². The maximum Gasteiger partial charge on any atom is 0.251 e. The molecule has 1 aromatic carbocycles. The number of allylic oxidation sites excluding steroid dienone is 2. The Kier molecular flexibility index (Phi) is 4.04. The number of rotatable bonds is 5. The number of nitrogens with one attached hydrogen (secondary N) is 2. The van der Waals surface area contributed by atoms with Crippen molar-refractivity contribution in [2.75, 3.05) is 5.32 Å². The lowest BCUT2D eigenvalue weighted by atomic mass is 10.0. The van der Waals surface area contributed by atoms with Crippen LogP contribution in [0, 0.1) is 5.92 Å². The quantitative estimate of drug-likeness (QED) is 0.817. The zero-order valence-electron chi connectivity index (χ0n) is 12.0. The zero-order chi connectivity index (χ0) is 14.7. The third kappa shape index (κ3) is 3.94. The van der Waals surface area contributed by atoms with Crippen molar-refractivity contribution in [2.24, 2.45) is 5.92 Å². The molecule has 110 valence electrons. The van der Waals surface area contributed by atoms with Gasteiger partial charge in [-0.15, -0.1) is 0 Å². The third-order valence-corrected chi connectivity index (χ3v) is 3.88. The molecule has 2 aliphatic carbocycles. The molecule has 0 unspecified atom stereocenters. The van der Waals surface area contributed by atoms with Crippen molar-refractivity contribution in [3.8, 4) is 0 Å². The fraction of sp³-hybridized carbons (Fsp3) is 0.412. The molecule has 1 aromatic rings. The molecular weight excluding hydrogens is 264 g/mol. The average molecular weight is 284 g/mol. The lowest BCUT2D eigenvalue weighted by molar-refractivity contribution is -0.116. The van der Waals surface area contributed by atoms with Crippen molar-refractivity contribution in [1.29, 1.82) is 0 Å². The molecule has 0 heterocycles. The van der Waals surface area contributed by atoms with Gasteiger partial charge in [0.2, 0.25) is 5.91 Å². The van der Waals surface area contributed by atoms with Crippen molar-refractivity contribution < 1.29 is 9.59 Å². The molecule has 2 N–H and O–H groups in total. The van der Waals surface area contributed by atoms with Gasteiger partial charge >= 0.3 is 0 Å². The highest BCUT2D eigenvalue weighted by Crippen LogP contribution is 2.22. The first-order valence-corrected chi connectivity index (χ1v) is 7.58. The number of hydrogen-bond acceptors (Lipinski definition) is 2. The van der Waals surface area contributed by atoms with Crippen LogP contribution in [-0.4, -0.2) is 17.9 Å². The van der Waals surface area contributed by atoms with E-state index in [0.29, 0.717) is 29.6 Å². The predicted molar refractivity (Wildman–Crippen MR) is 82.0 cm³/mol. The van der Waals surface area contributed by atoms with E-state index in [1.165, 1.54) is 0 Å². The molecule has 0 aliphatic heterocycles. The summed E-state index contributed by atoms with van der Waals surface area (Å²) in [7, 11) is 0. The van der Waals surface area contributed by atoms with E-state index in [2.05, 4.69) is 22.8 Å². The first-order valence-electron chi connectivity index (χ1n) is 7.58. The van der Waals surface area contributed by atoms with Crippen molar-refractivity contribution >= 4 is 17.5 Å². The van der Waals surface area contributed by atoms with Gasteiger partial charge in [-0.25, -0.2) is 0 Å². The summed E-state index contributed by atoms with van der Waals surface area (Å²) in [4.78, 5) is 24.0. The summed E-state index contributed by atoms with van der Waals surface area (Å²) < 4.78 is 0. The second kappa shape index (κ2) is 6.12. The smallest absolute Gasteiger partial charge is 0.251 e. The van der Waals surface area contributed by atoms with Gasteiger partial charge in [0.05, 0.1) is 0 Å². The molecule has 0 aromatic heterocycles. The molecule has 1 fully saturated rings. The standard InChI is InChI=1S/C17H20N2O2/c20-16(10-12-4-1-2-5-12)18-15-7-3-6-13(11-15)17(21)19-14-8-9-14/h1,3-4,6-7,11-12,14H,2,5,8-10H2,(H,18,20)(H,19,21)/t12-/m1/s1. The van der Waals surface area contributed by atoms with Gasteiger partial charge in [0.25, 0.3) is 5.91 Å². The number of carbonyl (C=O) groups is 2. The summed E-state index contributed by atoms with van der Waals surface area (Å²) in [5.74, 6) is 0.296. The first kappa shape index (κ1) is 13.9. The molecule has 4 heteroatoms. The van der Waals surface area contributed by atoms with Gasteiger partial charge in [-0.3, -0.25) is 9.59 Å². The number of amides is 2. The van der Waals surface area contributed by atoms with Gasteiger partial charge < -0.3 is 10.6 Å². The molecule has 0 radical (unpaired) electrons. The van der Waals surface area contributed by atoms with Gasteiger partial charge in [-0.1, -0.05) is 18.2 Å². The topological polar surface area (TPSA) is 58.2 Å². The fourth-order valence-electron chi connectivity index (χ4n) is 2.55. The monoisotopic (exact) mass is 284 g/mol. The van der Waals surface area contributed by atoms with E-state index in [-0.39, 0.29) is 11.8 Å². The second-order valence-corrected chi connectivity index (χ2v) is 5.85. The van der Waals surface area contributed by atoms with Gasteiger partial charge in [0, 0.05) is 23.7 Å². The predicted octanol–water partition coefficient (Wildman–Crippen LogP) is 2.87. The van der Waals surface area contributed by atoms with Gasteiger partial charge in [0.1, 0.15) is 0 Å². The summed E-state index contributed by atoms with van der Waals surface area (Å²) in [6.45, 7) is 0. The molecule has 0 spiro atoms. The summed E-state index contributed by atoms with van der Waals surface area (Å²) in [5, 5.41) is 5.83. The molecule has 0 saturated heterocycles. The van der Waals surface area contributed by atoms with Crippen LogP contribution in [0.15, 0.2) is 36.4 Å². The third-order valence-electron chi connectivity index (χ3n) is 3.88. The van der Waals surface area contributed by atoms with Gasteiger partial charge in [-0.05, 0) is 49.8 Å². The van der Waals surface area contributed by atoms with Gasteiger partial charge in [0.15, 0.2) is 0 Å². The highest BCUT2D eigenvalue weighted by Gasteiger charge is 2.23.